The molecule has 1 aliphatic heterocycles. The fraction of sp³-hybridized carbons (Fsp3) is 0.743. The number of hydrogen-bond acceptors (Lipinski definition) is 9. The number of aliphatic hydroxyl groups excluding tert-OH is 3. The highest BCUT2D eigenvalue weighted by Crippen LogP contribution is 2.70. The second-order valence-electron chi connectivity index (χ2n) is 15.8. The van der Waals surface area contributed by atoms with Gasteiger partial charge in [0, 0.05) is 29.2 Å². The van der Waals surface area contributed by atoms with Crippen LogP contribution in [0.5, 0.6) is 5.75 Å². The standard InChI is InChI=1S/C35H50O9/c1-18(2)33(5,41)17-28-34(6,44-30(43-28)19-7-9-20(36)10-8-19)27-11-12-35(42)22-14-23(37)21-13-24(38)25(39)15-31(21,3)29(22)26(40)16-32(27,35)4/h7-10,14,18,21,24-30,36,38-42H,11-13,15-17H2,1-6H3. The van der Waals surface area contributed by atoms with E-state index < -0.39 is 70.2 Å². The molecule has 5 aliphatic rings. The quantitative estimate of drug-likeness (QED) is 0.292. The van der Waals surface area contributed by atoms with Crippen LogP contribution in [0, 0.1) is 34.5 Å². The lowest BCUT2D eigenvalue weighted by Gasteiger charge is -2.62. The topological polar surface area (TPSA) is 157 Å². The number of carbonyl (C=O) groups is 1. The Hall–Kier alpha value is -1.85. The molecule has 244 valence electrons. The first-order valence-corrected chi connectivity index (χ1v) is 16.2. The van der Waals surface area contributed by atoms with Crippen molar-refractivity contribution in [1.29, 1.82) is 0 Å². The van der Waals surface area contributed by atoms with Gasteiger partial charge in [-0.25, -0.2) is 0 Å². The summed E-state index contributed by atoms with van der Waals surface area (Å²) in [4.78, 5) is 13.6. The number of ketones is 1. The molecule has 3 saturated carbocycles. The first-order chi connectivity index (χ1) is 20.4. The Kier molecular flexibility index (Phi) is 7.53. The Balaban J connectivity index is 1.40. The van der Waals surface area contributed by atoms with Gasteiger partial charge in [-0.05, 0) is 87.0 Å². The van der Waals surface area contributed by atoms with Gasteiger partial charge in [-0.15, -0.1) is 0 Å². The van der Waals surface area contributed by atoms with Gasteiger partial charge in [-0.2, -0.15) is 0 Å². The fourth-order valence-corrected chi connectivity index (χ4v) is 9.97. The maximum atomic E-state index is 13.6. The highest BCUT2D eigenvalue weighted by Gasteiger charge is 2.72. The largest absolute Gasteiger partial charge is 0.508 e. The molecule has 0 spiro atoms. The van der Waals surface area contributed by atoms with E-state index >= 15 is 0 Å². The van der Waals surface area contributed by atoms with Crippen molar-refractivity contribution in [2.45, 2.75) is 128 Å². The molecule has 0 bridgehead atoms. The van der Waals surface area contributed by atoms with Crippen LogP contribution in [0.15, 0.2) is 35.9 Å². The second-order valence-corrected chi connectivity index (χ2v) is 15.8. The van der Waals surface area contributed by atoms with Gasteiger partial charge >= 0.3 is 0 Å². The molecule has 4 aliphatic carbocycles. The summed E-state index contributed by atoms with van der Waals surface area (Å²) >= 11 is 0. The van der Waals surface area contributed by atoms with E-state index in [1.165, 1.54) is 6.08 Å². The van der Waals surface area contributed by atoms with E-state index in [0.29, 0.717) is 18.4 Å². The summed E-state index contributed by atoms with van der Waals surface area (Å²) in [6, 6.07) is 6.64. The van der Waals surface area contributed by atoms with Gasteiger partial charge in [0.15, 0.2) is 12.1 Å². The van der Waals surface area contributed by atoms with Gasteiger partial charge in [0.1, 0.15) is 5.75 Å². The predicted octanol–water partition coefficient (Wildman–Crippen LogP) is 3.54. The summed E-state index contributed by atoms with van der Waals surface area (Å²) in [6.45, 7) is 11.6. The molecule has 13 atom stereocenters. The molecule has 9 heteroatoms. The van der Waals surface area contributed by atoms with Crippen molar-refractivity contribution >= 4 is 5.78 Å². The smallest absolute Gasteiger partial charge is 0.185 e. The number of rotatable bonds is 5. The predicted molar refractivity (Wildman–Crippen MR) is 161 cm³/mol. The van der Waals surface area contributed by atoms with Crippen molar-refractivity contribution in [3.05, 3.63) is 41.5 Å². The summed E-state index contributed by atoms with van der Waals surface area (Å²) in [5.41, 5.74) is -3.94. The van der Waals surface area contributed by atoms with E-state index in [-0.39, 0.29) is 49.1 Å². The maximum absolute atomic E-state index is 13.6. The first-order valence-electron chi connectivity index (χ1n) is 16.2. The molecule has 13 unspecified atom stereocenters. The molecular formula is C35H50O9. The molecule has 0 amide bonds. The molecule has 0 radical (unpaired) electrons. The number of phenolic OH excluding ortho intramolecular Hbond substituents is 1. The van der Waals surface area contributed by atoms with Gasteiger partial charge in [0.05, 0.1) is 41.2 Å². The van der Waals surface area contributed by atoms with E-state index in [4.69, 9.17) is 9.47 Å². The van der Waals surface area contributed by atoms with Crippen LogP contribution in [0.3, 0.4) is 0 Å². The lowest BCUT2D eigenvalue weighted by atomic mass is 9.44. The number of hydrogen-bond donors (Lipinski definition) is 6. The summed E-state index contributed by atoms with van der Waals surface area (Å²) in [5, 5.41) is 67.1. The lowest BCUT2D eigenvalue weighted by Crippen LogP contribution is -2.66. The van der Waals surface area contributed by atoms with Crippen LogP contribution in [0.2, 0.25) is 0 Å². The number of benzene rings is 1. The van der Waals surface area contributed by atoms with Gasteiger partial charge in [-0.3, -0.25) is 4.79 Å². The summed E-state index contributed by atoms with van der Waals surface area (Å²) in [7, 11) is 0. The number of allylic oxidation sites excluding steroid dienone is 1. The second kappa shape index (κ2) is 10.3. The number of carbonyl (C=O) groups excluding carboxylic acids is 1. The Labute approximate surface area is 259 Å². The van der Waals surface area contributed by atoms with E-state index in [1.54, 1.807) is 31.2 Å². The Morgan fingerprint density at radius 2 is 1.68 bits per heavy atom. The molecule has 1 aromatic rings. The van der Waals surface area contributed by atoms with Crippen LogP contribution in [0.4, 0.5) is 0 Å². The Bertz CT molecular complexity index is 1320. The van der Waals surface area contributed by atoms with Gasteiger partial charge in [0.25, 0.3) is 0 Å². The molecule has 1 saturated heterocycles. The van der Waals surface area contributed by atoms with Crippen LogP contribution in [-0.4, -0.2) is 77.6 Å². The molecule has 9 nitrogen and oxygen atoms in total. The first kappa shape index (κ1) is 32.1. The molecule has 1 aromatic carbocycles. The van der Waals surface area contributed by atoms with Crippen molar-refractivity contribution in [3.63, 3.8) is 0 Å². The minimum Gasteiger partial charge on any atom is -0.508 e. The highest BCUT2D eigenvalue weighted by atomic mass is 16.7. The van der Waals surface area contributed by atoms with Crippen LogP contribution < -0.4 is 0 Å². The minimum atomic E-state index is -1.42. The zero-order chi connectivity index (χ0) is 32.2. The molecule has 6 rings (SSSR count). The van der Waals surface area contributed by atoms with Gasteiger partial charge in [-0.1, -0.05) is 39.8 Å². The normalized spacial score (nSPS) is 48.4. The van der Waals surface area contributed by atoms with Crippen LogP contribution in [0.25, 0.3) is 0 Å². The van der Waals surface area contributed by atoms with Gasteiger partial charge < -0.3 is 40.1 Å². The molecular weight excluding hydrogens is 564 g/mol. The average Bonchev–Trinajstić information content (AvgIpc) is 3.39. The van der Waals surface area contributed by atoms with E-state index in [1.807, 2.05) is 34.6 Å². The van der Waals surface area contributed by atoms with E-state index in [9.17, 15) is 35.4 Å². The van der Waals surface area contributed by atoms with Crippen LogP contribution in [-0.2, 0) is 14.3 Å². The van der Waals surface area contributed by atoms with E-state index in [0.717, 1.165) is 5.56 Å². The van der Waals surface area contributed by atoms with Crippen LogP contribution >= 0.6 is 0 Å². The Morgan fingerprint density at radius 3 is 2.32 bits per heavy atom. The number of aliphatic hydroxyl groups is 5. The average molecular weight is 615 g/mol. The van der Waals surface area contributed by atoms with Crippen LogP contribution in [0.1, 0.15) is 91.9 Å². The third-order valence-corrected chi connectivity index (χ3v) is 13.0. The summed E-state index contributed by atoms with van der Waals surface area (Å²) in [5.74, 6) is -1.52. The Morgan fingerprint density at radius 1 is 1.02 bits per heavy atom. The molecule has 0 aromatic heterocycles. The zero-order valence-electron chi connectivity index (χ0n) is 26.7. The summed E-state index contributed by atoms with van der Waals surface area (Å²) in [6.07, 6.45) is -0.980. The number of phenols is 1. The zero-order valence-corrected chi connectivity index (χ0v) is 26.7. The van der Waals surface area contributed by atoms with Crippen molar-refractivity contribution in [2.75, 3.05) is 0 Å². The monoisotopic (exact) mass is 614 g/mol. The molecule has 4 fully saturated rings. The minimum absolute atomic E-state index is 0.0621. The maximum Gasteiger partial charge on any atom is 0.185 e. The number of ether oxygens (including phenoxy) is 2. The number of aromatic hydroxyl groups is 1. The third-order valence-electron chi connectivity index (χ3n) is 13.0. The number of fused-ring (bicyclic) bond motifs is 5. The van der Waals surface area contributed by atoms with Crippen molar-refractivity contribution in [2.24, 2.45) is 34.5 Å². The lowest BCUT2D eigenvalue weighted by molar-refractivity contribution is -0.191. The van der Waals surface area contributed by atoms with Gasteiger partial charge in [0.2, 0.25) is 0 Å². The molecule has 44 heavy (non-hydrogen) atoms. The van der Waals surface area contributed by atoms with E-state index in [2.05, 4.69) is 0 Å². The molecule has 6 N–H and O–H groups in total. The fourth-order valence-electron chi connectivity index (χ4n) is 9.97. The third kappa shape index (κ3) is 4.48. The highest BCUT2D eigenvalue weighted by molar-refractivity contribution is 5.95. The van der Waals surface area contributed by atoms with Crippen molar-refractivity contribution < 1.29 is 44.9 Å². The summed E-state index contributed by atoms with van der Waals surface area (Å²) < 4.78 is 13.4. The SMILES string of the molecule is CC(C)C(C)(O)CC1OC(c2ccc(O)cc2)OC1(C)C1CCC2(O)C3=CC(=O)C4CC(O)C(O)CC4(C)C3C(O)CC12C. The van der Waals surface area contributed by atoms with Crippen molar-refractivity contribution in [3.8, 4) is 5.75 Å². The molecule has 1 heterocycles. The van der Waals surface area contributed by atoms with Crippen molar-refractivity contribution in [1.82, 2.24) is 0 Å².